The van der Waals surface area contributed by atoms with Crippen molar-refractivity contribution in [2.24, 2.45) is 0 Å². The van der Waals surface area contributed by atoms with E-state index in [2.05, 4.69) is 24.6 Å². The SMILES string of the molecule is CCCCCCCCCCOCCOCCc1cscc1CCOCCOCCCCCCCCCC. The van der Waals surface area contributed by atoms with Gasteiger partial charge in [-0.1, -0.05) is 104 Å². The van der Waals surface area contributed by atoms with Gasteiger partial charge in [0.05, 0.1) is 39.6 Å². The van der Waals surface area contributed by atoms with E-state index in [1.165, 1.54) is 114 Å². The molecule has 0 bridgehead atoms. The topological polar surface area (TPSA) is 36.9 Å². The van der Waals surface area contributed by atoms with Crippen LogP contribution in [0.3, 0.4) is 0 Å². The van der Waals surface area contributed by atoms with Gasteiger partial charge in [0.15, 0.2) is 0 Å². The molecule has 0 N–H and O–H groups in total. The molecule has 1 aromatic rings. The van der Waals surface area contributed by atoms with Crippen molar-refractivity contribution in [3.8, 4) is 0 Å². The molecule has 0 spiro atoms. The molecule has 0 aliphatic heterocycles. The van der Waals surface area contributed by atoms with Crippen LogP contribution in [0.5, 0.6) is 0 Å². The second-order valence-electron chi connectivity index (χ2n) is 10.3. The molecule has 0 fully saturated rings. The molecule has 5 heteroatoms. The Morgan fingerprint density at radius 2 is 0.730 bits per heavy atom. The van der Waals surface area contributed by atoms with Gasteiger partial charge in [0.25, 0.3) is 0 Å². The summed E-state index contributed by atoms with van der Waals surface area (Å²) in [6.07, 6.45) is 23.4. The Kier molecular flexibility index (Phi) is 26.7. The van der Waals surface area contributed by atoms with E-state index in [0.717, 1.165) is 39.3 Å². The third-order valence-electron chi connectivity index (χ3n) is 6.89. The lowest BCUT2D eigenvalue weighted by Crippen LogP contribution is -2.09. The zero-order valence-electron chi connectivity index (χ0n) is 24.6. The second-order valence-corrected chi connectivity index (χ2v) is 11.1. The fourth-order valence-electron chi connectivity index (χ4n) is 4.47. The molecule has 0 saturated heterocycles. The molecular formula is C32H60O4S. The van der Waals surface area contributed by atoms with Crippen LogP contribution in [-0.4, -0.2) is 52.9 Å². The molecule has 4 nitrogen and oxygen atoms in total. The van der Waals surface area contributed by atoms with Crippen LogP contribution in [0, 0.1) is 0 Å². The Morgan fingerprint density at radius 3 is 1.11 bits per heavy atom. The van der Waals surface area contributed by atoms with Crippen LogP contribution in [0.2, 0.25) is 0 Å². The normalized spacial score (nSPS) is 11.5. The van der Waals surface area contributed by atoms with E-state index in [4.69, 9.17) is 18.9 Å². The largest absolute Gasteiger partial charge is 0.379 e. The van der Waals surface area contributed by atoms with Crippen molar-refractivity contribution in [2.45, 2.75) is 129 Å². The van der Waals surface area contributed by atoms with E-state index < -0.39 is 0 Å². The van der Waals surface area contributed by atoms with Crippen molar-refractivity contribution >= 4 is 11.3 Å². The number of thiophene rings is 1. The summed E-state index contributed by atoms with van der Waals surface area (Å²) in [7, 11) is 0. The van der Waals surface area contributed by atoms with Crippen LogP contribution in [0.15, 0.2) is 10.8 Å². The first kappa shape index (κ1) is 34.6. The maximum atomic E-state index is 5.80. The third kappa shape index (κ3) is 23.2. The molecule has 0 radical (unpaired) electrons. The Morgan fingerprint density at radius 1 is 0.405 bits per heavy atom. The van der Waals surface area contributed by atoms with Crippen molar-refractivity contribution < 1.29 is 18.9 Å². The quantitative estimate of drug-likeness (QED) is 0.0911. The van der Waals surface area contributed by atoms with Gasteiger partial charge in [-0.25, -0.2) is 0 Å². The fraction of sp³-hybridized carbons (Fsp3) is 0.875. The average molecular weight is 541 g/mol. The van der Waals surface area contributed by atoms with Crippen molar-refractivity contribution in [1.82, 2.24) is 0 Å². The van der Waals surface area contributed by atoms with Crippen molar-refractivity contribution in [1.29, 1.82) is 0 Å². The molecule has 218 valence electrons. The third-order valence-corrected chi connectivity index (χ3v) is 7.73. The Balaban J connectivity index is 1.85. The second kappa shape index (κ2) is 28.5. The number of unbranched alkanes of at least 4 members (excludes halogenated alkanes) is 14. The van der Waals surface area contributed by atoms with Gasteiger partial charge in [-0.15, -0.1) is 0 Å². The summed E-state index contributed by atoms with van der Waals surface area (Å²) in [4.78, 5) is 0. The molecule has 1 rings (SSSR count). The summed E-state index contributed by atoms with van der Waals surface area (Å²) < 4.78 is 23.1. The summed E-state index contributed by atoms with van der Waals surface area (Å²) in [5, 5.41) is 4.51. The minimum absolute atomic E-state index is 0.693. The molecule has 1 heterocycles. The van der Waals surface area contributed by atoms with Gasteiger partial charge >= 0.3 is 0 Å². The van der Waals surface area contributed by atoms with Crippen LogP contribution in [0.1, 0.15) is 128 Å². The first-order chi connectivity index (χ1) is 18.4. The Labute approximate surface area is 234 Å². The summed E-state index contributed by atoms with van der Waals surface area (Å²) in [5.74, 6) is 0. The fourth-order valence-corrected chi connectivity index (χ4v) is 5.41. The monoisotopic (exact) mass is 540 g/mol. The van der Waals surface area contributed by atoms with Crippen molar-refractivity contribution in [3.63, 3.8) is 0 Å². The lowest BCUT2D eigenvalue weighted by atomic mass is 10.1. The minimum atomic E-state index is 0.693. The number of rotatable bonds is 30. The molecule has 0 aromatic carbocycles. The lowest BCUT2D eigenvalue weighted by Gasteiger charge is -2.08. The molecule has 1 aromatic heterocycles. The molecule has 0 aliphatic rings. The van der Waals surface area contributed by atoms with Gasteiger partial charge in [0.1, 0.15) is 0 Å². The van der Waals surface area contributed by atoms with E-state index in [9.17, 15) is 0 Å². The van der Waals surface area contributed by atoms with E-state index in [1.807, 2.05) is 0 Å². The van der Waals surface area contributed by atoms with Gasteiger partial charge in [0, 0.05) is 13.2 Å². The van der Waals surface area contributed by atoms with Crippen molar-refractivity contribution in [3.05, 3.63) is 21.9 Å². The standard InChI is InChI=1S/C32H60O4S/c1-3-5-7-9-11-13-15-17-21-33-25-27-35-23-19-31-29-37-30-32(31)20-24-36-28-26-34-22-18-16-14-12-10-8-6-4-2/h29-30H,3-28H2,1-2H3. The first-order valence-corrected chi connectivity index (χ1v) is 16.7. The van der Waals surface area contributed by atoms with Crippen LogP contribution in [0.25, 0.3) is 0 Å². The van der Waals surface area contributed by atoms with Crippen molar-refractivity contribution in [2.75, 3.05) is 52.9 Å². The van der Waals surface area contributed by atoms with Crippen LogP contribution >= 0.6 is 11.3 Å². The number of hydrogen-bond donors (Lipinski definition) is 0. The van der Waals surface area contributed by atoms with Gasteiger partial charge in [0.2, 0.25) is 0 Å². The zero-order valence-corrected chi connectivity index (χ0v) is 25.4. The van der Waals surface area contributed by atoms with E-state index in [0.29, 0.717) is 26.4 Å². The predicted octanol–water partition coefficient (Wildman–Crippen LogP) is 9.18. The van der Waals surface area contributed by atoms with Gasteiger partial charge in [-0.3, -0.25) is 0 Å². The number of hydrogen-bond acceptors (Lipinski definition) is 5. The van der Waals surface area contributed by atoms with Gasteiger partial charge in [-0.2, -0.15) is 11.3 Å². The van der Waals surface area contributed by atoms with Gasteiger partial charge < -0.3 is 18.9 Å². The average Bonchev–Trinajstić information content (AvgIpc) is 3.36. The van der Waals surface area contributed by atoms with E-state index in [1.54, 1.807) is 11.3 Å². The van der Waals surface area contributed by atoms with Crippen LogP contribution in [-0.2, 0) is 31.8 Å². The van der Waals surface area contributed by atoms with Gasteiger partial charge in [-0.05, 0) is 47.6 Å². The molecule has 0 unspecified atom stereocenters. The highest BCUT2D eigenvalue weighted by atomic mass is 32.1. The molecule has 0 saturated carbocycles. The summed E-state index contributed by atoms with van der Waals surface area (Å²) in [6.45, 7) is 10.6. The van der Waals surface area contributed by atoms with Crippen LogP contribution in [0.4, 0.5) is 0 Å². The van der Waals surface area contributed by atoms with Crippen LogP contribution < -0.4 is 0 Å². The maximum absolute atomic E-state index is 5.80. The summed E-state index contributed by atoms with van der Waals surface area (Å²) in [5.41, 5.74) is 2.80. The van der Waals surface area contributed by atoms with E-state index >= 15 is 0 Å². The number of ether oxygens (including phenoxy) is 4. The smallest absolute Gasteiger partial charge is 0.0700 e. The first-order valence-electron chi connectivity index (χ1n) is 15.7. The minimum Gasteiger partial charge on any atom is -0.379 e. The summed E-state index contributed by atoms with van der Waals surface area (Å²) >= 11 is 1.78. The highest BCUT2D eigenvalue weighted by Gasteiger charge is 2.04. The molecule has 0 amide bonds. The maximum Gasteiger partial charge on any atom is 0.0700 e. The summed E-state index contributed by atoms with van der Waals surface area (Å²) in [6, 6.07) is 0. The molecule has 37 heavy (non-hydrogen) atoms. The molecule has 0 aliphatic carbocycles. The predicted molar refractivity (Wildman–Crippen MR) is 160 cm³/mol. The zero-order chi connectivity index (χ0) is 26.5. The highest BCUT2D eigenvalue weighted by Crippen LogP contribution is 2.17. The molecular weight excluding hydrogens is 480 g/mol. The van der Waals surface area contributed by atoms with E-state index in [-0.39, 0.29) is 0 Å². The lowest BCUT2D eigenvalue weighted by molar-refractivity contribution is 0.0463. The molecule has 0 atom stereocenters. The highest BCUT2D eigenvalue weighted by molar-refractivity contribution is 7.08. The Bertz CT molecular complexity index is 516. The Hall–Kier alpha value is -0.460.